The van der Waals surface area contributed by atoms with Crippen LogP contribution in [-0.4, -0.2) is 68.0 Å². The standard InChI is InChI=1S/C14H29NO4.C13H29NO2/c1-2-3-4-5-6-7-8-9-10-19-12-13(16)11-15-14(17)18;1-2-3-4-5-6-7-8-9-10-16-12-13(15)11-14/h13,15-16H,2-12H2,1H3,(H,17,18);13,15H,2-12,14H2,1H3. The predicted molar refractivity (Wildman–Crippen MR) is 140 cm³/mol. The molecule has 0 aliphatic carbocycles. The number of rotatable bonds is 25. The molecular weight excluding hydrogens is 448 g/mol. The lowest BCUT2D eigenvalue weighted by Gasteiger charge is -2.13. The van der Waals surface area contributed by atoms with Crippen molar-refractivity contribution in [3.63, 3.8) is 0 Å². The highest BCUT2D eigenvalue weighted by Crippen LogP contribution is 2.09. The number of hydrogen-bond acceptors (Lipinski definition) is 6. The summed E-state index contributed by atoms with van der Waals surface area (Å²) in [7, 11) is 0. The van der Waals surface area contributed by atoms with Gasteiger partial charge in [0.25, 0.3) is 0 Å². The van der Waals surface area contributed by atoms with Crippen LogP contribution in [0.15, 0.2) is 0 Å². The van der Waals surface area contributed by atoms with Crippen molar-refractivity contribution < 1.29 is 35.3 Å². The molecular formula is C27H58N2O6. The van der Waals surface area contributed by atoms with Crippen LogP contribution in [0, 0.1) is 0 Å². The van der Waals surface area contributed by atoms with E-state index in [0.717, 1.165) is 25.9 Å². The van der Waals surface area contributed by atoms with Crippen LogP contribution in [0.5, 0.6) is 0 Å². The van der Waals surface area contributed by atoms with Gasteiger partial charge in [-0.15, -0.1) is 0 Å². The number of hydrogen-bond donors (Lipinski definition) is 4. The molecule has 0 heterocycles. The quantitative estimate of drug-likeness (QED) is 0.140. The minimum Gasteiger partial charge on any atom is -0.530 e. The Labute approximate surface area is 215 Å². The van der Waals surface area contributed by atoms with Crippen LogP contribution in [0.25, 0.3) is 0 Å². The van der Waals surface area contributed by atoms with Crippen molar-refractivity contribution in [3.8, 4) is 0 Å². The molecule has 8 heteroatoms. The smallest absolute Gasteiger partial charge is 0.134 e. The van der Waals surface area contributed by atoms with Gasteiger partial charge in [0.05, 0.1) is 19.3 Å². The molecule has 1 amide bonds. The molecule has 0 fully saturated rings. The van der Waals surface area contributed by atoms with E-state index in [2.05, 4.69) is 19.6 Å². The number of carboxylic acid groups (broad SMARTS) is 1. The lowest BCUT2D eigenvalue weighted by molar-refractivity contribution is -0.385. The van der Waals surface area contributed by atoms with Crippen molar-refractivity contribution in [3.05, 3.63) is 0 Å². The Kier molecular flexibility index (Phi) is 32.2. The SMILES string of the molecule is CCCCCCCCCCOCC(O)CNC(=O)[O-].CCCCCCCCCCOCC(O)C[NH3+]. The summed E-state index contributed by atoms with van der Waals surface area (Å²) in [6.07, 6.45) is 17.9. The molecule has 0 saturated heterocycles. The first-order valence-electron chi connectivity index (χ1n) is 14.2. The fourth-order valence-corrected chi connectivity index (χ4v) is 3.46. The molecule has 212 valence electrons. The summed E-state index contributed by atoms with van der Waals surface area (Å²) in [6.45, 7) is 6.98. The molecule has 0 aromatic heterocycles. The molecule has 2 unspecified atom stereocenters. The monoisotopic (exact) mass is 506 g/mol. The van der Waals surface area contributed by atoms with E-state index >= 15 is 0 Å². The van der Waals surface area contributed by atoms with Gasteiger partial charge in [-0.05, 0) is 12.8 Å². The number of carbonyl (C=O) groups excluding carboxylic acids is 1. The third kappa shape index (κ3) is 35.3. The summed E-state index contributed by atoms with van der Waals surface area (Å²) in [4.78, 5) is 10.1. The highest BCUT2D eigenvalue weighted by Gasteiger charge is 2.03. The molecule has 35 heavy (non-hydrogen) atoms. The van der Waals surface area contributed by atoms with Crippen LogP contribution < -0.4 is 16.2 Å². The first kappa shape index (κ1) is 36.2. The Bertz CT molecular complexity index is 415. The van der Waals surface area contributed by atoms with Crippen LogP contribution in [0.2, 0.25) is 0 Å². The first-order chi connectivity index (χ1) is 17.0. The van der Waals surface area contributed by atoms with Gasteiger partial charge in [-0.1, -0.05) is 104 Å². The van der Waals surface area contributed by atoms with E-state index in [0.29, 0.717) is 19.8 Å². The zero-order valence-electron chi connectivity index (χ0n) is 22.9. The van der Waals surface area contributed by atoms with Crippen molar-refractivity contribution in [1.82, 2.24) is 5.32 Å². The van der Waals surface area contributed by atoms with Gasteiger partial charge >= 0.3 is 0 Å². The highest BCUT2D eigenvalue weighted by molar-refractivity contribution is 5.61. The summed E-state index contributed by atoms with van der Waals surface area (Å²) in [5.41, 5.74) is 3.62. The van der Waals surface area contributed by atoms with Gasteiger partial charge in [0.15, 0.2) is 0 Å². The molecule has 0 aromatic carbocycles. The van der Waals surface area contributed by atoms with Crippen LogP contribution in [0.4, 0.5) is 4.79 Å². The Morgan fingerprint density at radius 2 is 1.09 bits per heavy atom. The average molecular weight is 507 g/mol. The maximum absolute atomic E-state index is 10.1. The van der Waals surface area contributed by atoms with Gasteiger partial charge in [0, 0.05) is 19.8 Å². The van der Waals surface area contributed by atoms with E-state index in [1.165, 1.54) is 83.5 Å². The van der Waals surface area contributed by atoms with Crippen LogP contribution in [0.3, 0.4) is 0 Å². The van der Waals surface area contributed by atoms with Crippen molar-refractivity contribution in [2.45, 2.75) is 129 Å². The Morgan fingerprint density at radius 1 is 0.714 bits per heavy atom. The molecule has 0 radical (unpaired) electrons. The minimum atomic E-state index is -1.37. The number of unbranched alkanes of at least 4 members (excludes halogenated alkanes) is 14. The lowest BCUT2D eigenvalue weighted by atomic mass is 10.1. The predicted octanol–water partition coefficient (Wildman–Crippen LogP) is 3.18. The zero-order valence-corrected chi connectivity index (χ0v) is 22.9. The van der Waals surface area contributed by atoms with E-state index in [-0.39, 0.29) is 19.3 Å². The summed E-state index contributed by atoms with van der Waals surface area (Å²) < 4.78 is 10.6. The molecule has 0 aliphatic rings. The van der Waals surface area contributed by atoms with Gasteiger partial charge in [0.2, 0.25) is 0 Å². The van der Waals surface area contributed by atoms with Crippen molar-refractivity contribution in [1.29, 1.82) is 0 Å². The number of amides is 1. The molecule has 0 saturated carbocycles. The van der Waals surface area contributed by atoms with Crippen LogP contribution in [0.1, 0.15) is 117 Å². The molecule has 0 rings (SSSR count). The van der Waals surface area contributed by atoms with Gasteiger partial charge in [-0.25, -0.2) is 0 Å². The van der Waals surface area contributed by atoms with E-state index in [1.54, 1.807) is 0 Å². The van der Waals surface area contributed by atoms with Gasteiger partial charge in [-0.2, -0.15) is 0 Å². The zero-order chi connectivity index (χ0) is 26.4. The molecule has 0 aliphatic heterocycles. The molecule has 8 nitrogen and oxygen atoms in total. The van der Waals surface area contributed by atoms with E-state index in [4.69, 9.17) is 9.47 Å². The van der Waals surface area contributed by atoms with Gasteiger partial charge < -0.3 is 40.6 Å². The summed E-state index contributed by atoms with van der Waals surface area (Å²) >= 11 is 0. The third-order valence-corrected chi connectivity index (χ3v) is 5.72. The largest absolute Gasteiger partial charge is 0.530 e. The van der Waals surface area contributed by atoms with Gasteiger partial charge in [-0.3, -0.25) is 0 Å². The normalized spacial score (nSPS) is 12.6. The van der Waals surface area contributed by atoms with Gasteiger partial charge in [0.1, 0.15) is 18.7 Å². The summed E-state index contributed by atoms with van der Waals surface area (Å²) in [5.74, 6) is 0. The number of carbonyl (C=O) groups is 1. The second-order valence-corrected chi connectivity index (χ2v) is 9.36. The highest BCUT2D eigenvalue weighted by atomic mass is 16.5. The second kappa shape index (κ2) is 31.1. The maximum atomic E-state index is 10.1. The number of quaternary nitrogens is 1. The van der Waals surface area contributed by atoms with E-state index < -0.39 is 12.2 Å². The van der Waals surface area contributed by atoms with Crippen LogP contribution >= 0.6 is 0 Å². The Hall–Kier alpha value is -0.930. The Morgan fingerprint density at radius 3 is 1.46 bits per heavy atom. The molecule has 2 atom stereocenters. The number of nitrogens with one attached hydrogen (secondary N) is 1. The topological polar surface area (TPSA) is 139 Å². The number of aliphatic hydroxyl groups is 2. The van der Waals surface area contributed by atoms with E-state index in [9.17, 15) is 20.1 Å². The van der Waals surface area contributed by atoms with Crippen LogP contribution in [-0.2, 0) is 9.47 Å². The van der Waals surface area contributed by atoms with E-state index in [1.807, 2.05) is 5.32 Å². The fraction of sp³-hybridized carbons (Fsp3) is 0.963. The second-order valence-electron chi connectivity index (χ2n) is 9.36. The number of aliphatic hydroxyl groups excluding tert-OH is 2. The van der Waals surface area contributed by atoms with Crippen molar-refractivity contribution in [2.75, 3.05) is 39.5 Å². The molecule has 0 bridgehead atoms. The summed E-state index contributed by atoms with van der Waals surface area (Å²) in [6, 6.07) is 0. The number of ether oxygens (including phenoxy) is 2. The minimum absolute atomic E-state index is 0.0419. The first-order valence-corrected chi connectivity index (χ1v) is 14.2. The molecule has 6 N–H and O–H groups in total. The molecule has 0 spiro atoms. The lowest BCUT2D eigenvalue weighted by Crippen LogP contribution is -2.56. The Balaban J connectivity index is 0. The summed E-state index contributed by atoms with van der Waals surface area (Å²) in [5, 5.41) is 30.6. The molecule has 0 aromatic rings. The van der Waals surface area contributed by atoms with Crippen molar-refractivity contribution in [2.24, 2.45) is 0 Å². The fourth-order valence-electron chi connectivity index (χ4n) is 3.46. The third-order valence-electron chi connectivity index (χ3n) is 5.72. The van der Waals surface area contributed by atoms with Crippen molar-refractivity contribution >= 4 is 6.09 Å². The maximum Gasteiger partial charge on any atom is 0.134 e. The average Bonchev–Trinajstić information content (AvgIpc) is 2.85.